The number of carbonyl (C=O) groups is 1. The van der Waals surface area contributed by atoms with Crippen molar-refractivity contribution in [1.29, 1.82) is 0 Å². The fraction of sp³-hybridized carbons (Fsp3) is 0.200. The van der Waals surface area contributed by atoms with Gasteiger partial charge in [0, 0.05) is 11.2 Å². The van der Waals surface area contributed by atoms with Crippen LogP contribution in [0.1, 0.15) is 22.8 Å². The SMILES string of the molecule is COc1cc(OCc2cccc(F)c2)ccc1C(=O)NN=C(C)Cn1cnc([N+](=O)[O-])n1. The van der Waals surface area contributed by atoms with E-state index in [1.165, 1.54) is 36.3 Å². The van der Waals surface area contributed by atoms with Crippen molar-refractivity contribution in [2.75, 3.05) is 7.11 Å². The Bertz CT molecular complexity index is 1160. The number of nitrogens with zero attached hydrogens (tertiary/aromatic N) is 5. The van der Waals surface area contributed by atoms with E-state index >= 15 is 0 Å². The second-order valence-electron chi connectivity index (χ2n) is 6.57. The molecule has 0 aliphatic carbocycles. The van der Waals surface area contributed by atoms with E-state index in [-0.39, 0.29) is 30.3 Å². The third-order valence-electron chi connectivity index (χ3n) is 4.14. The van der Waals surface area contributed by atoms with E-state index in [0.29, 0.717) is 17.0 Å². The van der Waals surface area contributed by atoms with Gasteiger partial charge in [0.2, 0.25) is 6.33 Å². The van der Waals surface area contributed by atoms with Crippen molar-refractivity contribution in [3.8, 4) is 11.5 Å². The van der Waals surface area contributed by atoms with E-state index in [1.54, 1.807) is 31.2 Å². The number of carbonyl (C=O) groups excluding carboxylic acids is 1. The maximum atomic E-state index is 13.3. The lowest BCUT2D eigenvalue weighted by atomic mass is 10.2. The zero-order valence-corrected chi connectivity index (χ0v) is 17.2. The predicted molar refractivity (Wildman–Crippen MR) is 111 cm³/mol. The van der Waals surface area contributed by atoms with Gasteiger partial charge in [0.25, 0.3) is 5.91 Å². The molecule has 11 nitrogen and oxygen atoms in total. The lowest BCUT2D eigenvalue weighted by Crippen LogP contribution is -2.21. The number of nitro groups is 1. The first-order chi connectivity index (χ1) is 15.4. The lowest BCUT2D eigenvalue weighted by Gasteiger charge is -2.11. The molecule has 0 atom stereocenters. The maximum Gasteiger partial charge on any atom is 0.490 e. The molecule has 1 heterocycles. The van der Waals surface area contributed by atoms with Crippen molar-refractivity contribution >= 4 is 17.6 Å². The average molecular weight is 442 g/mol. The summed E-state index contributed by atoms with van der Waals surface area (Å²) in [5.74, 6) is -0.698. The van der Waals surface area contributed by atoms with Crippen molar-refractivity contribution in [1.82, 2.24) is 20.2 Å². The van der Waals surface area contributed by atoms with Gasteiger partial charge < -0.3 is 19.6 Å². The van der Waals surface area contributed by atoms with Crippen LogP contribution in [0.5, 0.6) is 11.5 Å². The summed E-state index contributed by atoms with van der Waals surface area (Å²) >= 11 is 0. The molecule has 0 aliphatic rings. The van der Waals surface area contributed by atoms with Crippen LogP contribution in [0.3, 0.4) is 0 Å². The molecule has 3 aromatic rings. The lowest BCUT2D eigenvalue weighted by molar-refractivity contribution is -0.394. The first kappa shape index (κ1) is 22.3. The number of benzene rings is 2. The summed E-state index contributed by atoms with van der Waals surface area (Å²) in [4.78, 5) is 26.0. The van der Waals surface area contributed by atoms with Gasteiger partial charge in [-0.2, -0.15) is 9.78 Å². The van der Waals surface area contributed by atoms with Gasteiger partial charge in [-0.25, -0.2) is 9.82 Å². The van der Waals surface area contributed by atoms with E-state index in [4.69, 9.17) is 9.47 Å². The number of halogens is 1. The van der Waals surface area contributed by atoms with Crippen LogP contribution >= 0.6 is 0 Å². The smallest absolute Gasteiger partial charge is 0.490 e. The number of hydrazone groups is 1. The molecule has 3 rings (SSSR count). The van der Waals surface area contributed by atoms with E-state index in [2.05, 4.69) is 20.6 Å². The molecule has 1 N–H and O–H groups in total. The molecule has 0 aliphatic heterocycles. The van der Waals surface area contributed by atoms with Crippen molar-refractivity contribution in [2.45, 2.75) is 20.1 Å². The van der Waals surface area contributed by atoms with Gasteiger partial charge in [0.1, 0.15) is 23.9 Å². The van der Waals surface area contributed by atoms with Crippen LogP contribution in [0, 0.1) is 15.9 Å². The van der Waals surface area contributed by atoms with Gasteiger partial charge >= 0.3 is 5.95 Å². The number of aromatic nitrogens is 3. The molecule has 32 heavy (non-hydrogen) atoms. The highest BCUT2D eigenvalue weighted by molar-refractivity contribution is 5.97. The Balaban J connectivity index is 1.62. The monoisotopic (exact) mass is 442 g/mol. The number of amides is 1. The van der Waals surface area contributed by atoms with E-state index in [1.807, 2.05) is 0 Å². The largest absolute Gasteiger partial charge is 0.496 e. The molecule has 2 aromatic carbocycles. The number of ether oxygens (including phenoxy) is 2. The molecule has 0 saturated heterocycles. The van der Waals surface area contributed by atoms with Crippen LogP contribution in [0.2, 0.25) is 0 Å². The summed E-state index contributed by atoms with van der Waals surface area (Å²) in [6.45, 7) is 1.87. The number of methoxy groups -OCH3 is 1. The quantitative estimate of drug-likeness (QED) is 0.306. The summed E-state index contributed by atoms with van der Waals surface area (Å²) in [7, 11) is 1.41. The van der Waals surface area contributed by atoms with Gasteiger partial charge in [-0.05, 0) is 41.7 Å². The first-order valence-electron chi connectivity index (χ1n) is 9.28. The second-order valence-corrected chi connectivity index (χ2v) is 6.57. The molecule has 0 bridgehead atoms. The van der Waals surface area contributed by atoms with E-state index in [0.717, 1.165) is 0 Å². The minimum Gasteiger partial charge on any atom is -0.496 e. The number of nitrogens with one attached hydrogen (secondary N) is 1. The maximum absolute atomic E-state index is 13.3. The molecule has 1 aromatic heterocycles. The predicted octanol–water partition coefficient (Wildman–Crippen LogP) is 2.72. The van der Waals surface area contributed by atoms with Crippen LogP contribution in [0.4, 0.5) is 10.3 Å². The van der Waals surface area contributed by atoms with Crippen LogP contribution < -0.4 is 14.9 Å². The topological polar surface area (TPSA) is 134 Å². The molecule has 0 fully saturated rings. The fourth-order valence-electron chi connectivity index (χ4n) is 2.66. The third-order valence-corrected chi connectivity index (χ3v) is 4.14. The van der Waals surface area contributed by atoms with Crippen molar-refractivity contribution < 1.29 is 23.6 Å². The van der Waals surface area contributed by atoms with Crippen LogP contribution in [-0.4, -0.2) is 38.4 Å². The van der Waals surface area contributed by atoms with E-state index in [9.17, 15) is 19.3 Å². The molecule has 0 saturated carbocycles. The Labute approximate surface area is 181 Å². The molecule has 1 amide bonds. The summed E-state index contributed by atoms with van der Waals surface area (Å²) in [6.07, 6.45) is 1.20. The van der Waals surface area contributed by atoms with Gasteiger partial charge in [0.15, 0.2) is 0 Å². The van der Waals surface area contributed by atoms with Gasteiger partial charge in [-0.3, -0.25) is 4.79 Å². The van der Waals surface area contributed by atoms with Crippen LogP contribution in [0.15, 0.2) is 53.9 Å². The minimum atomic E-state index is -0.706. The van der Waals surface area contributed by atoms with Gasteiger partial charge in [0.05, 0.1) is 24.9 Å². The molecular formula is C20H19FN6O5. The Morgan fingerprint density at radius 1 is 1.31 bits per heavy atom. The zero-order chi connectivity index (χ0) is 23.1. The molecular weight excluding hydrogens is 423 g/mol. The van der Waals surface area contributed by atoms with Crippen molar-refractivity contribution in [3.05, 3.63) is 75.9 Å². The second kappa shape index (κ2) is 10.1. The number of hydrogen-bond acceptors (Lipinski definition) is 8. The molecule has 12 heteroatoms. The first-order valence-corrected chi connectivity index (χ1v) is 9.28. The summed E-state index contributed by atoms with van der Waals surface area (Å²) < 4.78 is 25.4. The fourth-order valence-corrected chi connectivity index (χ4v) is 2.66. The van der Waals surface area contributed by atoms with Crippen molar-refractivity contribution in [2.24, 2.45) is 5.10 Å². The third kappa shape index (κ3) is 5.84. The Morgan fingerprint density at radius 2 is 2.12 bits per heavy atom. The zero-order valence-electron chi connectivity index (χ0n) is 17.2. The molecule has 166 valence electrons. The average Bonchev–Trinajstić information content (AvgIpc) is 3.24. The Hall–Kier alpha value is -4.35. The molecule has 0 radical (unpaired) electrons. The van der Waals surface area contributed by atoms with Crippen LogP contribution in [-0.2, 0) is 13.2 Å². The van der Waals surface area contributed by atoms with Crippen LogP contribution in [0.25, 0.3) is 0 Å². The number of hydrogen-bond donors (Lipinski definition) is 1. The summed E-state index contributed by atoms with van der Waals surface area (Å²) in [6, 6.07) is 10.7. The Morgan fingerprint density at radius 3 is 2.81 bits per heavy atom. The standard InChI is InChI=1S/C20H19FN6O5/c1-13(10-26-12-22-20(25-26)27(29)30)23-24-19(28)17-7-6-16(9-18(17)31-2)32-11-14-4-3-5-15(21)8-14/h3-9,12H,10-11H2,1-2H3,(H,24,28). The highest BCUT2D eigenvalue weighted by Crippen LogP contribution is 2.25. The summed E-state index contributed by atoms with van der Waals surface area (Å²) in [5.41, 5.74) is 3.72. The highest BCUT2D eigenvalue weighted by atomic mass is 19.1. The number of rotatable bonds is 9. The van der Waals surface area contributed by atoms with E-state index < -0.39 is 16.8 Å². The minimum absolute atomic E-state index is 0.102. The normalized spacial score (nSPS) is 11.2. The molecule has 0 unspecified atom stereocenters. The highest BCUT2D eigenvalue weighted by Gasteiger charge is 2.15. The Kier molecular flexibility index (Phi) is 7.06. The molecule has 0 spiro atoms. The van der Waals surface area contributed by atoms with Gasteiger partial charge in [-0.1, -0.05) is 17.1 Å². The summed E-state index contributed by atoms with van der Waals surface area (Å²) in [5, 5.41) is 18.3. The van der Waals surface area contributed by atoms with Crippen molar-refractivity contribution in [3.63, 3.8) is 0 Å². The van der Waals surface area contributed by atoms with Gasteiger partial charge in [-0.15, -0.1) is 0 Å².